The molecule has 2 atom stereocenters. The molecule has 0 amide bonds. The highest BCUT2D eigenvalue weighted by Crippen LogP contribution is 2.31. The first-order chi connectivity index (χ1) is 7.31. The van der Waals surface area contributed by atoms with Crippen LogP contribution in [0.2, 0.25) is 0 Å². The van der Waals surface area contributed by atoms with Gasteiger partial charge in [-0.05, 0) is 36.6 Å². The first kappa shape index (κ1) is 10.6. The highest BCUT2D eigenvalue weighted by molar-refractivity contribution is 5.23. The molecule has 1 nitrogen and oxygen atoms in total. The van der Waals surface area contributed by atoms with Crippen molar-refractivity contribution < 1.29 is 4.39 Å². The molecule has 0 radical (unpaired) electrons. The summed E-state index contributed by atoms with van der Waals surface area (Å²) in [7, 11) is 0. The summed E-state index contributed by atoms with van der Waals surface area (Å²) in [5, 5.41) is 3.43. The summed E-state index contributed by atoms with van der Waals surface area (Å²) in [6, 6.07) is 6.98. The van der Waals surface area contributed by atoms with Gasteiger partial charge < -0.3 is 5.32 Å². The second-order valence-electron chi connectivity index (χ2n) is 4.37. The van der Waals surface area contributed by atoms with Crippen LogP contribution in [-0.2, 0) is 0 Å². The van der Waals surface area contributed by atoms with Gasteiger partial charge in [0.05, 0.1) is 0 Å². The standard InChI is InChI=1S/C13H18FN/c1-2-3-11-8-15-9-13(11)10-4-6-12(14)7-5-10/h4-7,11,13,15H,2-3,8-9H2,1H3/t11-,13-/m0/s1. The number of hydrogen-bond donors (Lipinski definition) is 1. The molecule has 1 N–H and O–H groups in total. The molecule has 82 valence electrons. The predicted octanol–water partition coefficient (Wildman–Crippen LogP) is 2.93. The largest absolute Gasteiger partial charge is 0.316 e. The number of rotatable bonds is 3. The number of nitrogens with one attached hydrogen (secondary N) is 1. The molecular formula is C13H18FN. The van der Waals surface area contributed by atoms with Crippen LogP contribution in [0.25, 0.3) is 0 Å². The molecule has 0 bridgehead atoms. The highest BCUT2D eigenvalue weighted by atomic mass is 19.1. The molecule has 1 heterocycles. The van der Waals surface area contributed by atoms with E-state index in [1.54, 1.807) is 12.1 Å². The minimum absolute atomic E-state index is 0.142. The monoisotopic (exact) mass is 207 g/mol. The number of benzene rings is 1. The maximum Gasteiger partial charge on any atom is 0.123 e. The molecule has 2 heteroatoms. The van der Waals surface area contributed by atoms with Crippen LogP contribution in [-0.4, -0.2) is 13.1 Å². The van der Waals surface area contributed by atoms with Crippen molar-refractivity contribution in [1.82, 2.24) is 5.32 Å². The summed E-state index contributed by atoms with van der Waals surface area (Å²) in [5.41, 5.74) is 1.28. The third-order valence-electron chi connectivity index (χ3n) is 3.30. The van der Waals surface area contributed by atoms with E-state index in [1.165, 1.54) is 18.4 Å². The Morgan fingerprint density at radius 1 is 1.27 bits per heavy atom. The van der Waals surface area contributed by atoms with Gasteiger partial charge in [0.2, 0.25) is 0 Å². The number of halogens is 1. The Labute approximate surface area is 90.7 Å². The van der Waals surface area contributed by atoms with Crippen LogP contribution in [0.15, 0.2) is 24.3 Å². The lowest BCUT2D eigenvalue weighted by molar-refractivity contribution is 0.473. The van der Waals surface area contributed by atoms with Crippen LogP contribution in [0.3, 0.4) is 0 Å². The smallest absolute Gasteiger partial charge is 0.123 e. The molecule has 0 unspecified atom stereocenters. The predicted molar refractivity (Wildman–Crippen MR) is 60.4 cm³/mol. The van der Waals surface area contributed by atoms with Gasteiger partial charge in [0.1, 0.15) is 5.82 Å². The van der Waals surface area contributed by atoms with Gasteiger partial charge >= 0.3 is 0 Å². The minimum atomic E-state index is -0.142. The zero-order chi connectivity index (χ0) is 10.7. The van der Waals surface area contributed by atoms with Crippen LogP contribution < -0.4 is 5.32 Å². The van der Waals surface area contributed by atoms with E-state index < -0.39 is 0 Å². The maximum absolute atomic E-state index is 12.8. The van der Waals surface area contributed by atoms with Crippen molar-refractivity contribution >= 4 is 0 Å². The van der Waals surface area contributed by atoms with Crippen LogP contribution in [0.4, 0.5) is 4.39 Å². The molecule has 1 fully saturated rings. The summed E-state index contributed by atoms with van der Waals surface area (Å²) < 4.78 is 12.8. The molecule has 1 aliphatic heterocycles. The van der Waals surface area contributed by atoms with Crippen LogP contribution >= 0.6 is 0 Å². The second-order valence-corrected chi connectivity index (χ2v) is 4.37. The summed E-state index contributed by atoms with van der Waals surface area (Å²) in [4.78, 5) is 0. The van der Waals surface area contributed by atoms with Crippen molar-refractivity contribution in [2.75, 3.05) is 13.1 Å². The zero-order valence-corrected chi connectivity index (χ0v) is 9.17. The van der Waals surface area contributed by atoms with Crippen molar-refractivity contribution in [3.05, 3.63) is 35.6 Å². The van der Waals surface area contributed by atoms with Gasteiger partial charge in [0, 0.05) is 12.5 Å². The molecular weight excluding hydrogens is 189 g/mol. The fraction of sp³-hybridized carbons (Fsp3) is 0.538. The molecule has 15 heavy (non-hydrogen) atoms. The Morgan fingerprint density at radius 3 is 2.67 bits per heavy atom. The van der Waals surface area contributed by atoms with Gasteiger partial charge in [0.15, 0.2) is 0 Å². The third kappa shape index (κ3) is 2.37. The summed E-state index contributed by atoms with van der Waals surface area (Å²) in [5.74, 6) is 1.16. The molecule has 1 aliphatic rings. The van der Waals surface area contributed by atoms with Gasteiger partial charge in [-0.15, -0.1) is 0 Å². The van der Waals surface area contributed by atoms with E-state index in [9.17, 15) is 4.39 Å². The molecule has 0 aromatic heterocycles. The van der Waals surface area contributed by atoms with Gasteiger partial charge in [0.25, 0.3) is 0 Å². The Bertz CT molecular complexity index is 307. The fourth-order valence-electron chi connectivity index (χ4n) is 2.51. The Balaban J connectivity index is 2.11. The normalized spacial score (nSPS) is 25.7. The molecule has 0 aliphatic carbocycles. The van der Waals surface area contributed by atoms with E-state index in [-0.39, 0.29) is 5.82 Å². The Kier molecular flexibility index (Phi) is 3.37. The van der Waals surface area contributed by atoms with Gasteiger partial charge in [-0.2, -0.15) is 0 Å². The summed E-state index contributed by atoms with van der Waals surface area (Å²) >= 11 is 0. The fourth-order valence-corrected chi connectivity index (χ4v) is 2.51. The Morgan fingerprint density at radius 2 is 2.00 bits per heavy atom. The van der Waals surface area contributed by atoms with Crippen LogP contribution in [0, 0.1) is 11.7 Å². The lowest BCUT2D eigenvalue weighted by atomic mass is 9.86. The van der Waals surface area contributed by atoms with E-state index in [0.717, 1.165) is 19.0 Å². The van der Waals surface area contributed by atoms with Crippen molar-refractivity contribution in [3.8, 4) is 0 Å². The average Bonchev–Trinajstić information content (AvgIpc) is 2.68. The molecule has 0 spiro atoms. The molecule has 1 aromatic carbocycles. The summed E-state index contributed by atoms with van der Waals surface area (Å²) in [6.45, 7) is 4.37. The highest BCUT2D eigenvalue weighted by Gasteiger charge is 2.27. The van der Waals surface area contributed by atoms with E-state index in [1.807, 2.05) is 12.1 Å². The lowest BCUT2D eigenvalue weighted by Crippen LogP contribution is -2.10. The molecule has 1 saturated heterocycles. The van der Waals surface area contributed by atoms with Crippen molar-refractivity contribution in [2.24, 2.45) is 5.92 Å². The van der Waals surface area contributed by atoms with E-state index >= 15 is 0 Å². The van der Waals surface area contributed by atoms with Gasteiger partial charge in [-0.25, -0.2) is 4.39 Å². The van der Waals surface area contributed by atoms with Crippen molar-refractivity contribution in [2.45, 2.75) is 25.7 Å². The van der Waals surface area contributed by atoms with Gasteiger partial charge in [-0.1, -0.05) is 25.5 Å². The van der Waals surface area contributed by atoms with E-state index in [0.29, 0.717) is 5.92 Å². The third-order valence-corrected chi connectivity index (χ3v) is 3.30. The van der Waals surface area contributed by atoms with Crippen LogP contribution in [0.5, 0.6) is 0 Å². The van der Waals surface area contributed by atoms with Crippen LogP contribution in [0.1, 0.15) is 31.2 Å². The topological polar surface area (TPSA) is 12.0 Å². The van der Waals surface area contributed by atoms with E-state index in [4.69, 9.17) is 0 Å². The minimum Gasteiger partial charge on any atom is -0.316 e. The lowest BCUT2D eigenvalue weighted by Gasteiger charge is -2.18. The number of hydrogen-bond acceptors (Lipinski definition) is 1. The summed E-state index contributed by atoms with van der Waals surface area (Å²) in [6.07, 6.45) is 2.49. The van der Waals surface area contributed by atoms with Crippen molar-refractivity contribution in [1.29, 1.82) is 0 Å². The second kappa shape index (κ2) is 4.75. The average molecular weight is 207 g/mol. The first-order valence-corrected chi connectivity index (χ1v) is 5.77. The quantitative estimate of drug-likeness (QED) is 0.803. The molecule has 2 rings (SSSR count). The molecule has 0 saturated carbocycles. The zero-order valence-electron chi connectivity index (χ0n) is 9.17. The maximum atomic E-state index is 12.8. The van der Waals surface area contributed by atoms with Gasteiger partial charge in [-0.3, -0.25) is 0 Å². The van der Waals surface area contributed by atoms with Crippen molar-refractivity contribution in [3.63, 3.8) is 0 Å². The van der Waals surface area contributed by atoms with E-state index in [2.05, 4.69) is 12.2 Å². The first-order valence-electron chi connectivity index (χ1n) is 5.77. The molecule has 1 aromatic rings. The Hall–Kier alpha value is -0.890. The SMILES string of the molecule is CCC[C@H]1CNC[C@H]1c1ccc(F)cc1.